The summed E-state index contributed by atoms with van der Waals surface area (Å²) in [5.74, 6) is 1.07. The van der Waals surface area contributed by atoms with E-state index in [9.17, 15) is 0 Å². The zero-order valence-electron chi connectivity index (χ0n) is 13.0. The van der Waals surface area contributed by atoms with Crippen molar-refractivity contribution in [1.82, 2.24) is 0 Å². The summed E-state index contributed by atoms with van der Waals surface area (Å²) < 4.78 is 0. The first-order chi connectivity index (χ1) is 9.86. The Hall–Kier alpha value is -0.617. The molecule has 0 saturated heterocycles. The fourth-order valence-corrected chi connectivity index (χ4v) is 3.75. The van der Waals surface area contributed by atoms with Crippen LogP contribution in [0.25, 0.3) is 11.1 Å². The van der Waals surface area contributed by atoms with Gasteiger partial charge < -0.3 is 24.8 Å². The number of allylic oxidation sites excluding steroid dienone is 4. The SMILES string of the molecule is CC(C1=CC=CC1)C1c2ccccc2-c2ccccc21.[Cl-].[Cl-].[Zr+2]. The molecule has 2 aromatic rings. The topological polar surface area (TPSA) is 0 Å². The molecular formula is C20H18Cl2Zr. The van der Waals surface area contributed by atoms with Crippen LogP contribution in [0.1, 0.15) is 30.4 Å². The Morgan fingerprint density at radius 1 is 0.870 bits per heavy atom. The van der Waals surface area contributed by atoms with Gasteiger partial charge in [0.15, 0.2) is 0 Å². The quantitative estimate of drug-likeness (QED) is 0.605. The molecule has 0 radical (unpaired) electrons. The van der Waals surface area contributed by atoms with Gasteiger partial charge in [0.25, 0.3) is 0 Å². The van der Waals surface area contributed by atoms with Gasteiger partial charge in [0.2, 0.25) is 0 Å². The van der Waals surface area contributed by atoms with Crippen LogP contribution in [-0.2, 0) is 26.2 Å². The molecular weight excluding hydrogens is 402 g/mol. The molecule has 0 saturated carbocycles. The van der Waals surface area contributed by atoms with E-state index in [1.807, 2.05) is 0 Å². The van der Waals surface area contributed by atoms with Crippen LogP contribution in [0.3, 0.4) is 0 Å². The molecule has 116 valence electrons. The van der Waals surface area contributed by atoms with Gasteiger partial charge in [-0.05, 0) is 34.6 Å². The van der Waals surface area contributed by atoms with Crippen LogP contribution in [0.2, 0.25) is 0 Å². The molecule has 2 aliphatic carbocycles. The summed E-state index contributed by atoms with van der Waals surface area (Å²) in [5.41, 5.74) is 7.39. The Kier molecular flexibility index (Phi) is 7.52. The van der Waals surface area contributed by atoms with Crippen molar-refractivity contribution >= 4 is 0 Å². The number of benzene rings is 2. The summed E-state index contributed by atoms with van der Waals surface area (Å²) in [6, 6.07) is 17.8. The first kappa shape index (κ1) is 20.4. The molecule has 0 bridgehead atoms. The summed E-state index contributed by atoms with van der Waals surface area (Å²) in [7, 11) is 0. The Morgan fingerprint density at radius 3 is 1.87 bits per heavy atom. The van der Waals surface area contributed by atoms with Gasteiger partial charge >= 0.3 is 26.2 Å². The van der Waals surface area contributed by atoms with E-state index in [2.05, 4.69) is 73.7 Å². The van der Waals surface area contributed by atoms with Crippen molar-refractivity contribution in [2.24, 2.45) is 5.92 Å². The second kappa shape index (κ2) is 8.47. The van der Waals surface area contributed by atoms with Crippen LogP contribution < -0.4 is 24.8 Å². The minimum atomic E-state index is 0. The number of hydrogen-bond acceptors (Lipinski definition) is 0. The smallest absolute Gasteiger partial charge is 1.00 e. The molecule has 0 fully saturated rings. The standard InChI is InChI=1S/C20H18.2ClH.Zr/c1-14(15-8-2-3-9-15)20-18-12-6-4-10-16(18)17-11-5-7-13-19(17)20;;;/h2-8,10-14,20H,9H2,1H3;2*1H;/q;;;+2/p-2. The fraction of sp³-hybridized carbons (Fsp3) is 0.200. The molecule has 3 heteroatoms. The zero-order valence-corrected chi connectivity index (χ0v) is 16.9. The average molecular weight is 420 g/mol. The van der Waals surface area contributed by atoms with Crippen LogP contribution in [0, 0.1) is 5.92 Å². The maximum atomic E-state index is 2.38. The van der Waals surface area contributed by atoms with Crippen LogP contribution >= 0.6 is 0 Å². The van der Waals surface area contributed by atoms with Gasteiger partial charge in [-0.3, -0.25) is 0 Å². The van der Waals surface area contributed by atoms with Gasteiger partial charge in [0.1, 0.15) is 0 Å². The molecule has 0 aromatic heterocycles. The molecule has 2 aromatic carbocycles. The molecule has 1 atom stereocenters. The predicted octanol–water partition coefficient (Wildman–Crippen LogP) is -0.673. The third-order valence-corrected chi connectivity index (χ3v) is 4.77. The molecule has 0 amide bonds. The Balaban J connectivity index is 0.000000882. The number of hydrogen-bond donors (Lipinski definition) is 0. The minimum absolute atomic E-state index is 0. The maximum Gasteiger partial charge on any atom is 2.00 e. The van der Waals surface area contributed by atoms with Crippen molar-refractivity contribution in [3.05, 3.63) is 83.5 Å². The second-order valence-electron chi connectivity index (χ2n) is 5.81. The van der Waals surface area contributed by atoms with Crippen LogP contribution in [0.15, 0.2) is 72.3 Å². The van der Waals surface area contributed by atoms with E-state index >= 15 is 0 Å². The molecule has 2 aliphatic rings. The third-order valence-electron chi connectivity index (χ3n) is 4.77. The number of halogens is 2. The van der Waals surface area contributed by atoms with Crippen molar-refractivity contribution in [3.8, 4) is 11.1 Å². The van der Waals surface area contributed by atoms with Gasteiger partial charge in [-0.2, -0.15) is 0 Å². The van der Waals surface area contributed by atoms with Crippen molar-refractivity contribution in [2.75, 3.05) is 0 Å². The second-order valence-corrected chi connectivity index (χ2v) is 5.81. The number of rotatable bonds is 2. The van der Waals surface area contributed by atoms with E-state index in [1.165, 1.54) is 22.3 Å². The van der Waals surface area contributed by atoms with Crippen molar-refractivity contribution in [3.63, 3.8) is 0 Å². The summed E-state index contributed by atoms with van der Waals surface area (Å²) >= 11 is 0. The Morgan fingerprint density at radius 2 is 1.39 bits per heavy atom. The molecule has 0 spiro atoms. The summed E-state index contributed by atoms with van der Waals surface area (Å²) in [6.07, 6.45) is 7.87. The summed E-state index contributed by atoms with van der Waals surface area (Å²) in [4.78, 5) is 0. The predicted molar refractivity (Wildman–Crippen MR) is 84.7 cm³/mol. The van der Waals surface area contributed by atoms with Crippen molar-refractivity contribution in [2.45, 2.75) is 19.3 Å². The normalized spacial score (nSPS) is 15.4. The molecule has 0 aliphatic heterocycles. The summed E-state index contributed by atoms with van der Waals surface area (Å²) in [6.45, 7) is 2.38. The largest absolute Gasteiger partial charge is 2.00 e. The average Bonchev–Trinajstić information content (AvgIpc) is 3.13. The van der Waals surface area contributed by atoms with Crippen molar-refractivity contribution < 1.29 is 51.0 Å². The monoisotopic (exact) mass is 418 g/mol. The van der Waals surface area contributed by atoms with E-state index in [-0.39, 0.29) is 51.0 Å². The van der Waals surface area contributed by atoms with Crippen LogP contribution in [-0.4, -0.2) is 0 Å². The van der Waals surface area contributed by atoms with Gasteiger partial charge in [-0.25, -0.2) is 0 Å². The zero-order chi connectivity index (χ0) is 13.5. The molecule has 0 heterocycles. The van der Waals surface area contributed by atoms with Crippen LogP contribution in [0.4, 0.5) is 0 Å². The first-order valence-electron chi connectivity index (χ1n) is 7.40. The molecule has 1 unspecified atom stereocenters. The molecule has 23 heavy (non-hydrogen) atoms. The first-order valence-corrected chi connectivity index (χ1v) is 7.40. The Bertz CT molecular complexity index is 688. The van der Waals surface area contributed by atoms with E-state index in [0.717, 1.165) is 6.42 Å². The molecule has 0 nitrogen and oxygen atoms in total. The Labute approximate surface area is 170 Å². The van der Waals surface area contributed by atoms with Gasteiger partial charge in [0, 0.05) is 5.92 Å². The summed E-state index contributed by atoms with van der Waals surface area (Å²) in [5, 5.41) is 0. The van der Waals surface area contributed by atoms with E-state index < -0.39 is 0 Å². The maximum absolute atomic E-state index is 2.38. The minimum Gasteiger partial charge on any atom is -1.00 e. The van der Waals surface area contributed by atoms with E-state index in [1.54, 1.807) is 5.57 Å². The number of fused-ring (bicyclic) bond motifs is 3. The van der Waals surface area contributed by atoms with Gasteiger partial charge in [0.05, 0.1) is 0 Å². The van der Waals surface area contributed by atoms with E-state index in [0.29, 0.717) is 11.8 Å². The van der Waals surface area contributed by atoms with Crippen LogP contribution in [0.5, 0.6) is 0 Å². The molecule has 4 rings (SSSR count). The van der Waals surface area contributed by atoms with E-state index in [4.69, 9.17) is 0 Å². The third kappa shape index (κ3) is 3.43. The van der Waals surface area contributed by atoms with Gasteiger partial charge in [-0.15, -0.1) is 0 Å². The van der Waals surface area contributed by atoms with Gasteiger partial charge in [-0.1, -0.05) is 79.3 Å². The van der Waals surface area contributed by atoms with Crippen molar-refractivity contribution in [1.29, 1.82) is 0 Å². The molecule has 0 N–H and O–H groups in total. The fourth-order valence-electron chi connectivity index (χ4n) is 3.75.